The van der Waals surface area contributed by atoms with Crippen molar-refractivity contribution in [3.05, 3.63) is 90.5 Å². The molecule has 0 heterocycles. The summed E-state index contributed by atoms with van der Waals surface area (Å²) < 4.78 is 4.72. The molecular weight excluding hydrogens is 348 g/mol. The third kappa shape index (κ3) is 7.67. The van der Waals surface area contributed by atoms with Gasteiger partial charge in [-0.3, -0.25) is 0 Å². The average Bonchev–Trinajstić information content (AvgIpc) is 2.74. The molecule has 0 aromatic heterocycles. The standard InChI is InChI=1S/C13H18O3.C12H10/c1-2-3-4-5-8-11-9-6-7-10-12(11)16-13(14)15;1-3-7-11(8-4-1)12-9-5-2-6-10-12/h6-7,9-10H,2-5,8H2,1H3,(H,14,15);1-10H. The number of hydrogen-bond donors (Lipinski definition) is 1. The van der Waals surface area contributed by atoms with Gasteiger partial charge in [0.2, 0.25) is 0 Å². The van der Waals surface area contributed by atoms with E-state index in [1.807, 2.05) is 24.3 Å². The molecule has 0 aliphatic heterocycles. The highest BCUT2D eigenvalue weighted by Gasteiger charge is 2.06. The Balaban J connectivity index is 0.000000207. The molecule has 3 nitrogen and oxygen atoms in total. The fraction of sp³-hybridized carbons (Fsp3) is 0.240. The summed E-state index contributed by atoms with van der Waals surface area (Å²) in [5.74, 6) is 0.464. The van der Waals surface area contributed by atoms with E-state index in [4.69, 9.17) is 9.84 Å². The van der Waals surface area contributed by atoms with Crippen LogP contribution in [0.15, 0.2) is 84.9 Å². The third-order valence-corrected chi connectivity index (χ3v) is 4.35. The van der Waals surface area contributed by atoms with Gasteiger partial charge in [-0.2, -0.15) is 0 Å². The zero-order chi connectivity index (χ0) is 20.0. The predicted molar refractivity (Wildman–Crippen MR) is 115 cm³/mol. The van der Waals surface area contributed by atoms with Crippen molar-refractivity contribution >= 4 is 6.16 Å². The van der Waals surface area contributed by atoms with Crippen LogP contribution < -0.4 is 4.74 Å². The Hall–Kier alpha value is -3.07. The predicted octanol–water partition coefficient (Wildman–Crippen LogP) is 7.22. The lowest BCUT2D eigenvalue weighted by Crippen LogP contribution is -2.05. The van der Waals surface area contributed by atoms with Crippen molar-refractivity contribution in [3.8, 4) is 16.9 Å². The van der Waals surface area contributed by atoms with Gasteiger partial charge in [-0.1, -0.05) is 105 Å². The van der Waals surface area contributed by atoms with E-state index in [0.29, 0.717) is 5.75 Å². The molecule has 0 bridgehead atoms. The number of aryl methyl sites for hydroxylation is 1. The molecule has 3 aromatic carbocycles. The number of rotatable bonds is 7. The zero-order valence-electron chi connectivity index (χ0n) is 16.4. The number of benzene rings is 3. The Bertz CT molecular complexity index is 776. The number of carbonyl (C=O) groups is 1. The lowest BCUT2D eigenvalue weighted by molar-refractivity contribution is 0.144. The largest absolute Gasteiger partial charge is 0.511 e. The van der Waals surface area contributed by atoms with E-state index in [1.54, 1.807) is 12.1 Å². The summed E-state index contributed by atoms with van der Waals surface area (Å²) in [4.78, 5) is 10.5. The first-order valence-electron chi connectivity index (χ1n) is 9.80. The maximum Gasteiger partial charge on any atom is 0.511 e. The molecular formula is C25H28O3. The van der Waals surface area contributed by atoms with Crippen LogP contribution >= 0.6 is 0 Å². The number of hydrogen-bond acceptors (Lipinski definition) is 2. The second-order valence-corrected chi connectivity index (χ2v) is 6.52. The highest BCUT2D eigenvalue weighted by atomic mass is 16.7. The van der Waals surface area contributed by atoms with E-state index in [1.165, 1.54) is 30.4 Å². The Morgan fingerprint density at radius 1 is 0.750 bits per heavy atom. The van der Waals surface area contributed by atoms with Crippen molar-refractivity contribution in [3.63, 3.8) is 0 Å². The van der Waals surface area contributed by atoms with Gasteiger partial charge in [-0.25, -0.2) is 4.79 Å². The van der Waals surface area contributed by atoms with E-state index in [2.05, 4.69) is 55.5 Å². The quantitative estimate of drug-likeness (QED) is 0.269. The van der Waals surface area contributed by atoms with Crippen molar-refractivity contribution in [1.29, 1.82) is 0 Å². The molecule has 0 saturated carbocycles. The van der Waals surface area contributed by atoms with Crippen LogP contribution in [0, 0.1) is 0 Å². The van der Waals surface area contributed by atoms with E-state index >= 15 is 0 Å². The molecule has 1 N–H and O–H groups in total. The van der Waals surface area contributed by atoms with Crippen LogP contribution in [0.1, 0.15) is 38.2 Å². The Labute approximate surface area is 167 Å². The molecule has 0 amide bonds. The first kappa shape index (κ1) is 21.2. The molecule has 0 spiro atoms. The van der Waals surface area contributed by atoms with E-state index in [9.17, 15) is 4.79 Å². The molecule has 0 fully saturated rings. The molecule has 0 radical (unpaired) electrons. The Morgan fingerprint density at radius 2 is 1.29 bits per heavy atom. The van der Waals surface area contributed by atoms with Gasteiger partial charge in [-0.05, 0) is 35.6 Å². The van der Waals surface area contributed by atoms with Crippen molar-refractivity contribution in [2.75, 3.05) is 0 Å². The zero-order valence-corrected chi connectivity index (χ0v) is 16.4. The molecule has 146 valence electrons. The van der Waals surface area contributed by atoms with Gasteiger partial charge >= 0.3 is 6.16 Å². The summed E-state index contributed by atoms with van der Waals surface area (Å²) in [5, 5.41) is 8.58. The fourth-order valence-corrected chi connectivity index (χ4v) is 2.91. The Kier molecular flexibility index (Phi) is 9.36. The minimum Gasteiger partial charge on any atom is -0.449 e. The van der Waals surface area contributed by atoms with Crippen LogP contribution in [0.25, 0.3) is 11.1 Å². The summed E-state index contributed by atoms with van der Waals surface area (Å²) in [6.45, 7) is 2.17. The molecule has 3 aromatic rings. The SMILES string of the molecule is CCCCCCc1ccccc1OC(=O)O.c1ccc(-c2ccccc2)cc1. The van der Waals surface area contributed by atoms with E-state index in [0.717, 1.165) is 18.4 Å². The maximum atomic E-state index is 10.5. The van der Waals surface area contributed by atoms with Crippen LogP contribution in [0.3, 0.4) is 0 Å². The topological polar surface area (TPSA) is 46.5 Å². The van der Waals surface area contributed by atoms with Crippen molar-refractivity contribution in [2.45, 2.75) is 39.0 Å². The number of ether oxygens (including phenoxy) is 1. The van der Waals surface area contributed by atoms with Gasteiger partial charge in [0.15, 0.2) is 0 Å². The third-order valence-electron chi connectivity index (χ3n) is 4.35. The summed E-state index contributed by atoms with van der Waals surface area (Å²) >= 11 is 0. The molecule has 0 saturated heterocycles. The first-order valence-corrected chi connectivity index (χ1v) is 9.80. The molecule has 0 atom stereocenters. The lowest BCUT2D eigenvalue weighted by atomic mass is 10.1. The van der Waals surface area contributed by atoms with Gasteiger partial charge in [-0.15, -0.1) is 0 Å². The normalized spacial score (nSPS) is 9.89. The number of carboxylic acid groups (broad SMARTS) is 1. The van der Waals surface area contributed by atoms with Crippen LogP contribution in [0.5, 0.6) is 5.75 Å². The van der Waals surface area contributed by atoms with Gasteiger partial charge in [0.05, 0.1) is 0 Å². The van der Waals surface area contributed by atoms with Gasteiger partial charge in [0, 0.05) is 0 Å². The van der Waals surface area contributed by atoms with Gasteiger partial charge < -0.3 is 9.84 Å². The van der Waals surface area contributed by atoms with Gasteiger partial charge in [0.25, 0.3) is 0 Å². The molecule has 3 heteroatoms. The van der Waals surface area contributed by atoms with E-state index in [-0.39, 0.29) is 0 Å². The second-order valence-electron chi connectivity index (χ2n) is 6.52. The van der Waals surface area contributed by atoms with E-state index < -0.39 is 6.16 Å². The van der Waals surface area contributed by atoms with Crippen molar-refractivity contribution in [2.24, 2.45) is 0 Å². The Morgan fingerprint density at radius 3 is 1.82 bits per heavy atom. The lowest BCUT2D eigenvalue weighted by Gasteiger charge is -2.07. The maximum absolute atomic E-state index is 10.5. The average molecular weight is 376 g/mol. The number of para-hydroxylation sites is 1. The first-order chi connectivity index (χ1) is 13.7. The highest BCUT2D eigenvalue weighted by molar-refractivity contribution is 5.63. The summed E-state index contributed by atoms with van der Waals surface area (Å²) in [6.07, 6.45) is 4.31. The molecule has 0 aliphatic rings. The molecule has 0 unspecified atom stereocenters. The molecule has 3 rings (SSSR count). The fourth-order valence-electron chi connectivity index (χ4n) is 2.91. The summed E-state index contributed by atoms with van der Waals surface area (Å²) in [7, 11) is 0. The second kappa shape index (κ2) is 12.3. The van der Waals surface area contributed by atoms with Crippen LogP contribution in [0.2, 0.25) is 0 Å². The minimum absolute atomic E-state index is 0.464. The van der Waals surface area contributed by atoms with Crippen molar-refractivity contribution in [1.82, 2.24) is 0 Å². The van der Waals surface area contributed by atoms with Crippen LogP contribution in [-0.4, -0.2) is 11.3 Å². The molecule has 0 aliphatic carbocycles. The summed E-state index contributed by atoms with van der Waals surface area (Å²) in [6, 6.07) is 28.1. The minimum atomic E-state index is -1.25. The van der Waals surface area contributed by atoms with Crippen molar-refractivity contribution < 1.29 is 14.6 Å². The number of unbranched alkanes of at least 4 members (excludes halogenated alkanes) is 3. The van der Waals surface area contributed by atoms with Crippen LogP contribution in [-0.2, 0) is 6.42 Å². The van der Waals surface area contributed by atoms with Gasteiger partial charge in [0.1, 0.15) is 5.75 Å². The monoisotopic (exact) mass is 376 g/mol. The smallest absolute Gasteiger partial charge is 0.449 e. The summed E-state index contributed by atoms with van der Waals surface area (Å²) in [5.41, 5.74) is 3.53. The highest BCUT2D eigenvalue weighted by Crippen LogP contribution is 2.20. The molecule has 28 heavy (non-hydrogen) atoms. The van der Waals surface area contributed by atoms with Crippen LogP contribution in [0.4, 0.5) is 4.79 Å².